The SMILES string of the molecule is Fc1ccn2c(I)cnc2c1. The molecular formula is C7H4FIN2. The topological polar surface area (TPSA) is 17.3 Å². The molecule has 0 spiro atoms. The minimum Gasteiger partial charge on any atom is -0.295 e. The Balaban J connectivity index is 2.86. The zero-order chi connectivity index (χ0) is 7.84. The highest BCUT2D eigenvalue weighted by atomic mass is 127. The van der Waals surface area contributed by atoms with Crippen LogP contribution in [0.3, 0.4) is 0 Å². The summed E-state index contributed by atoms with van der Waals surface area (Å²) in [6.45, 7) is 0. The number of fused-ring (bicyclic) bond motifs is 1. The van der Waals surface area contributed by atoms with Gasteiger partial charge in [-0.25, -0.2) is 9.37 Å². The van der Waals surface area contributed by atoms with Crippen LogP contribution in [0.1, 0.15) is 0 Å². The molecule has 2 heterocycles. The van der Waals surface area contributed by atoms with Crippen molar-refractivity contribution < 1.29 is 4.39 Å². The summed E-state index contributed by atoms with van der Waals surface area (Å²) in [7, 11) is 0. The third-order valence-corrected chi connectivity index (χ3v) is 2.23. The van der Waals surface area contributed by atoms with Crippen LogP contribution in [0.15, 0.2) is 24.5 Å². The van der Waals surface area contributed by atoms with E-state index in [9.17, 15) is 4.39 Å². The molecule has 2 aromatic rings. The van der Waals surface area contributed by atoms with Crippen LogP contribution < -0.4 is 0 Å². The number of hydrogen-bond donors (Lipinski definition) is 0. The van der Waals surface area contributed by atoms with Crippen LogP contribution in [0, 0.1) is 9.52 Å². The van der Waals surface area contributed by atoms with E-state index in [1.165, 1.54) is 12.1 Å². The van der Waals surface area contributed by atoms with Gasteiger partial charge in [0.1, 0.15) is 15.2 Å². The molecule has 0 N–H and O–H groups in total. The van der Waals surface area contributed by atoms with Gasteiger partial charge in [0.25, 0.3) is 0 Å². The Morgan fingerprint density at radius 1 is 1.55 bits per heavy atom. The van der Waals surface area contributed by atoms with E-state index < -0.39 is 0 Å². The second-order valence-corrected chi connectivity index (χ2v) is 3.26. The number of pyridine rings is 1. The molecule has 0 aliphatic carbocycles. The third kappa shape index (κ3) is 1.11. The van der Waals surface area contributed by atoms with Crippen LogP contribution in [0.5, 0.6) is 0 Å². The number of aromatic nitrogens is 2. The highest BCUT2D eigenvalue weighted by molar-refractivity contribution is 14.1. The van der Waals surface area contributed by atoms with Crippen molar-refractivity contribution in [3.05, 3.63) is 34.0 Å². The van der Waals surface area contributed by atoms with E-state index in [1.807, 2.05) is 4.40 Å². The monoisotopic (exact) mass is 262 g/mol. The molecule has 0 aromatic carbocycles. The van der Waals surface area contributed by atoms with Gasteiger partial charge < -0.3 is 0 Å². The number of rotatable bonds is 0. The summed E-state index contributed by atoms with van der Waals surface area (Å²) in [6.07, 6.45) is 3.37. The lowest BCUT2D eigenvalue weighted by molar-refractivity contribution is 0.626. The molecule has 0 saturated heterocycles. The summed E-state index contributed by atoms with van der Waals surface area (Å²) < 4.78 is 15.4. The van der Waals surface area contributed by atoms with Crippen molar-refractivity contribution in [1.82, 2.24) is 9.38 Å². The van der Waals surface area contributed by atoms with E-state index in [0.717, 1.165) is 3.70 Å². The van der Waals surface area contributed by atoms with Crippen molar-refractivity contribution in [2.24, 2.45) is 0 Å². The smallest absolute Gasteiger partial charge is 0.140 e. The van der Waals surface area contributed by atoms with Gasteiger partial charge in [0.05, 0.1) is 6.20 Å². The molecule has 0 amide bonds. The van der Waals surface area contributed by atoms with Gasteiger partial charge in [0.15, 0.2) is 0 Å². The standard InChI is InChI=1S/C7H4FIN2/c8-5-1-2-11-6(9)4-10-7(11)3-5/h1-4H. The maximum absolute atomic E-state index is 12.6. The Morgan fingerprint density at radius 3 is 3.18 bits per heavy atom. The molecule has 4 heteroatoms. The Bertz CT molecular complexity index is 396. The van der Waals surface area contributed by atoms with Gasteiger partial charge in [-0.1, -0.05) is 0 Å². The van der Waals surface area contributed by atoms with Crippen LogP contribution in [0.2, 0.25) is 0 Å². The molecule has 0 bridgehead atoms. The zero-order valence-electron chi connectivity index (χ0n) is 5.46. The highest BCUT2D eigenvalue weighted by Crippen LogP contribution is 2.09. The highest BCUT2D eigenvalue weighted by Gasteiger charge is 1.99. The van der Waals surface area contributed by atoms with Crippen LogP contribution in [-0.4, -0.2) is 9.38 Å². The predicted octanol–water partition coefficient (Wildman–Crippen LogP) is 2.08. The number of nitrogens with zero attached hydrogens (tertiary/aromatic N) is 2. The molecule has 0 aliphatic rings. The Morgan fingerprint density at radius 2 is 2.36 bits per heavy atom. The molecular weight excluding hydrogens is 258 g/mol. The average Bonchev–Trinajstić information content (AvgIpc) is 2.32. The Kier molecular flexibility index (Phi) is 1.56. The zero-order valence-corrected chi connectivity index (χ0v) is 7.62. The number of hydrogen-bond acceptors (Lipinski definition) is 1. The van der Waals surface area contributed by atoms with E-state index in [0.29, 0.717) is 5.65 Å². The minimum atomic E-state index is -0.250. The summed E-state index contributed by atoms with van der Waals surface area (Å²) in [5, 5.41) is 0. The fraction of sp³-hybridized carbons (Fsp3) is 0. The van der Waals surface area contributed by atoms with Gasteiger partial charge in [0, 0.05) is 12.3 Å². The Labute approximate surface area is 76.2 Å². The van der Waals surface area contributed by atoms with Crippen molar-refractivity contribution in [3.63, 3.8) is 0 Å². The van der Waals surface area contributed by atoms with Gasteiger partial charge >= 0.3 is 0 Å². The van der Waals surface area contributed by atoms with E-state index in [-0.39, 0.29) is 5.82 Å². The van der Waals surface area contributed by atoms with Gasteiger partial charge in [-0.15, -0.1) is 0 Å². The summed E-state index contributed by atoms with van der Waals surface area (Å²) in [5.41, 5.74) is 0.648. The normalized spacial score (nSPS) is 10.7. The van der Waals surface area contributed by atoms with Crippen molar-refractivity contribution >= 4 is 28.2 Å². The van der Waals surface area contributed by atoms with Gasteiger partial charge in [0.2, 0.25) is 0 Å². The van der Waals surface area contributed by atoms with Crippen LogP contribution in [-0.2, 0) is 0 Å². The lowest BCUT2D eigenvalue weighted by Gasteiger charge is -1.92. The fourth-order valence-electron chi connectivity index (χ4n) is 0.925. The molecule has 0 aliphatic heterocycles. The lowest BCUT2D eigenvalue weighted by atomic mass is 10.4. The van der Waals surface area contributed by atoms with Crippen molar-refractivity contribution in [2.75, 3.05) is 0 Å². The average molecular weight is 262 g/mol. The van der Waals surface area contributed by atoms with E-state index in [1.54, 1.807) is 12.4 Å². The molecule has 0 saturated carbocycles. The maximum Gasteiger partial charge on any atom is 0.140 e. The summed E-state index contributed by atoms with van der Waals surface area (Å²) in [5.74, 6) is -0.250. The van der Waals surface area contributed by atoms with Crippen LogP contribution in [0.25, 0.3) is 5.65 Å². The minimum absolute atomic E-state index is 0.250. The molecule has 2 aromatic heterocycles. The second-order valence-electron chi connectivity index (χ2n) is 2.15. The molecule has 2 nitrogen and oxygen atoms in total. The van der Waals surface area contributed by atoms with E-state index >= 15 is 0 Å². The van der Waals surface area contributed by atoms with Gasteiger partial charge in [-0.3, -0.25) is 4.40 Å². The largest absolute Gasteiger partial charge is 0.295 e. The Hall–Kier alpha value is -0.650. The molecule has 2 rings (SSSR count). The fourth-order valence-corrected chi connectivity index (χ4v) is 1.47. The summed E-state index contributed by atoms with van der Waals surface area (Å²) >= 11 is 2.14. The maximum atomic E-state index is 12.6. The first-order chi connectivity index (χ1) is 5.27. The van der Waals surface area contributed by atoms with Crippen molar-refractivity contribution in [1.29, 1.82) is 0 Å². The molecule has 0 unspecified atom stereocenters. The quantitative estimate of drug-likeness (QED) is 0.664. The first-order valence-corrected chi connectivity index (χ1v) is 4.13. The number of halogens is 2. The van der Waals surface area contributed by atoms with Crippen LogP contribution >= 0.6 is 22.6 Å². The van der Waals surface area contributed by atoms with E-state index in [2.05, 4.69) is 27.6 Å². The molecule has 0 atom stereocenters. The lowest BCUT2D eigenvalue weighted by Crippen LogP contribution is -1.86. The molecule has 11 heavy (non-hydrogen) atoms. The molecule has 0 radical (unpaired) electrons. The predicted molar refractivity (Wildman–Crippen MR) is 47.9 cm³/mol. The summed E-state index contributed by atoms with van der Waals surface area (Å²) in [4.78, 5) is 3.99. The third-order valence-electron chi connectivity index (χ3n) is 1.43. The summed E-state index contributed by atoms with van der Waals surface area (Å²) in [6, 6.07) is 2.82. The second kappa shape index (κ2) is 2.44. The first-order valence-electron chi connectivity index (χ1n) is 3.05. The van der Waals surface area contributed by atoms with Crippen LogP contribution in [0.4, 0.5) is 4.39 Å². The number of imidazole rings is 1. The molecule has 0 fully saturated rings. The van der Waals surface area contributed by atoms with Crippen molar-refractivity contribution in [3.8, 4) is 0 Å². The van der Waals surface area contributed by atoms with Gasteiger partial charge in [-0.2, -0.15) is 0 Å². The van der Waals surface area contributed by atoms with Gasteiger partial charge in [-0.05, 0) is 28.7 Å². The first kappa shape index (κ1) is 7.02. The molecule has 56 valence electrons. The van der Waals surface area contributed by atoms with E-state index in [4.69, 9.17) is 0 Å². The van der Waals surface area contributed by atoms with Crippen molar-refractivity contribution in [2.45, 2.75) is 0 Å².